The van der Waals surface area contributed by atoms with Gasteiger partial charge in [0.05, 0.1) is 12.7 Å². The Morgan fingerprint density at radius 3 is 2.46 bits per heavy atom. The number of rotatable bonds is 3. The van der Waals surface area contributed by atoms with Gasteiger partial charge in [0.25, 0.3) is 0 Å². The van der Waals surface area contributed by atoms with Gasteiger partial charge in [-0.1, -0.05) is 29.3 Å². The topological polar surface area (TPSA) is 12.5 Å². The number of halogens is 2. The Balaban J connectivity index is 2.07. The van der Waals surface area contributed by atoms with Crippen LogP contribution in [0, 0.1) is 0 Å². The van der Waals surface area contributed by atoms with Crippen molar-refractivity contribution >= 4 is 23.2 Å². The molecule has 70 valence electrons. The van der Waals surface area contributed by atoms with Crippen LogP contribution in [0.4, 0.5) is 0 Å². The molecule has 1 fully saturated rings. The van der Waals surface area contributed by atoms with Crippen LogP contribution in [0.1, 0.15) is 12.0 Å². The van der Waals surface area contributed by atoms with Crippen molar-refractivity contribution in [1.82, 2.24) is 0 Å². The Morgan fingerprint density at radius 2 is 1.92 bits per heavy atom. The fourth-order valence-corrected chi connectivity index (χ4v) is 1.90. The maximum atomic E-state index is 6.01. The second-order valence-electron chi connectivity index (χ2n) is 3.19. The maximum absolute atomic E-state index is 6.01. The van der Waals surface area contributed by atoms with Gasteiger partial charge in [-0.25, -0.2) is 0 Å². The monoisotopic (exact) mass is 216 g/mol. The molecule has 0 bridgehead atoms. The van der Waals surface area contributed by atoms with Crippen molar-refractivity contribution < 1.29 is 4.74 Å². The van der Waals surface area contributed by atoms with Crippen LogP contribution in [-0.2, 0) is 11.2 Å². The van der Waals surface area contributed by atoms with E-state index in [0.717, 1.165) is 35.1 Å². The molecular formula is C10H10Cl2O. The highest BCUT2D eigenvalue weighted by Crippen LogP contribution is 2.27. The molecule has 0 aromatic heterocycles. The van der Waals surface area contributed by atoms with E-state index in [2.05, 4.69) is 0 Å². The van der Waals surface area contributed by atoms with Crippen LogP contribution in [0.15, 0.2) is 18.2 Å². The van der Waals surface area contributed by atoms with Crippen LogP contribution >= 0.6 is 23.2 Å². The lowest BCUT2D eigenvalue weighted by Crippen LogP contribution is -1.93. The van der Waals surface area contributed by atoms with Crippen molar-refractivity contribution in [2.45, 2.75) is 18.9 Å². The average molecular weight is 217 g/mol. The first kappa shape index (κ1) is 9.32. The molecule has 0 amide bonds. The van der Waals surface area contributed by atoms with Crippen molar-refractivity contribution in [2.24, 2.45) is 0 Å². The fourth-order valence-electron chi connectivity index (χ4n) is 1.31. The van der Waals surface area contributed by atoms with Gasteiger partial charge in [0.15, 0.2) is 0 Å². The van der Waals surface area contributed by atoms with Gasteiger partial charge < -0.3 is 4.74 Å². The zero-order valence-corrected chi connectivity index (χ0v) is 8.61. The summed E-state index contributed by atoms with van der Waals surface area (Å²) in [6.45, 7) is 0.891. The average Bonchev–Trinajstić information content (AvgIpc) is 2.87. The molecule has 1 aromatic rings. The summed E-state index contributed by atoms with van der Waals surface area (Å²) >= 11 is 12.0. The second-order valence-corrected chi connectivity index (χ2v) is 4.01. The molecule has 1 aliphatic heterocycles. The summed E-state index contributed by atoms with van der Waals surface area (Å²) in [4.78, 5) is 0. The summed E-state index contributed by atoms with van der Waals surface area (Å²) in [7, 11) is 0. The second kappa shape index (κ2) is 3.87. The van der Waals surface area contributed by atoms with Crippen molar-refractivity contribution in [3.8, 4) is 0 Å². The third-order valence-electron chi connectivity index (χ3n) is 2.18. The summed E-state index contributed by atoms with van der Waals surface area (Å²) in [5.41, 5.74) is 1.04. The lowest BCUT2D eigenvalue weighted by molar-refractivity contribution is 0.397. The van der Waals surface area contributed by atoms with E-state index in [9.17, 15) is 0 Å². The van der Waals surface area contributed by atoms with Crippen LogP contribution < -0.4 is 0 Å². The number of ether oxygens (including phenoxy) is 1. The molecule has 0 spiro atoms. The van der Waals surface area contributed by atoms with E-state index in [0.29, 0.717) is 6.10 Å². The van der Waals surface area contributed by atoms with E-state index >= 15 is 0 Å². The Kier molecular flexibility index (Phi) is 2.77. The highest BCUT2D eigenvalue weighted by atomic mass is 35.5. The van der Waals surface area contributed by atoms with E-state index < -0.39 is 0 Å². The molecule has 0 N–H and O–H groups in total. The molecule has 1 saturated heterocycles. The molecule has 0 aliphatic carbocycles. The number of hydrogen-bond acceptors (Lipinski definition) is 1. The van der Waals surface area contributed by atoms with E-state index in [1.807, 2.05) is 18.2 Å². The highest BCUT2D eigenvalue weighted by molar-refractivity contribution is 6.35. The molecule has 13 heavy (non-hydrogen) atoms. The Morgan fingerprint density at radius 1 is 1.31 bits per heavy atom. The van der Waals surface area contributed by atoms with Crippen LogP contribution in [-0.4, -0.2) is 12.7 Å². The lowest BCUT2D eigenvalue weighted by Gasteiger charge is -2.04. The van der Waals surface area contributed by atoms with Crippen molar-refractivity contribution in [3.05, 3.63) is 33.8 Å². The summed E-state index contributed by atoms with van der Waals surface area (Å²) < 4.78 is 5.12. The summed E-state index contributed by atoms with van der Waals surface area (Å²) in [6.07, 6.45) is 2.36. The minimum atomic E-state index is 0.437. The zero-order chi connectivity index (χ0) is 9.26. The molecule has 1 aliphatic rings. The van der Waals surface area contributed by atoms with E-state index in [1.165, 1.54) is 0 Å². The van der Waals surface area contributed by atoms with Crippen molar-refractivity contribution in [3.63, 3.8) is 0 Å². The number of hydrogen-bond donors (Lipinski definition) is 0. The van der Waals surface area contributed by atoms with Gasteiger partial charge in [-0.15, -0.1) is 0 Å². The third kappa shape index (κ3) is 2.37. The standard InChI is InChI=1S/C10H10Cl2O/c11-9-2-1-3-10(12)8(9)5-4-7-6-13-7/h1-3,7H,4-6H2. The highest BCUT2D eigenvalue weighted by Gasteiger charge is 2.22. The Bertz CT molecular complexity index is 288. The summed E-state index contributed by atoms with van der Waals surface area (Å²) in [5, 5.41) is 1.52. The molecular weight excluding hydrogens is 207 g/mol. The fraction of sp³-hybridized carbons (Fsp3) is 0.400. The molecule has 0 radical (unpaired) electrons. The molecule has 1 unspecified atom stereocenters. The zero-order valence-electron chi connectivity index (χ0n) is 7.09. The molecule has 1 nitrogen and oxygen atoms in total. The lowest BCUT2D eigenvalue weighted by atomic mass is 10.1. The SMILES string of the molecule is Clc1cccc(Cl)c1CCC1CO1. The van der Waals surface area contributed by atoms with Gasteiger partial charge in [0.2, 0.25) is 0 Å². The van der Waals surface area contributed by atoms with Gasteiger partial charge in [-0.05, 0) is 30.5 Å². The van der Waals surface area contributed by atoms with Gasteiger partial charge in [0.1, 0.15) is 0 Å². The molecule has 2 rings (SSSR count). The van der Waals surface area contributed by atoms with Gasteiger partial charge in [0, 0.05) is 10.0 Å². The van der Waals surface area contributed by atoms with Gasteiger partial charge in [-0.3, -0.25) is 0 Å². The molecule has 1 aromatic carbocycles. The Hall–Kier alpha value is -0.240. The van der Waals surface area contributed by atoms with Crippen LogP contribution in [0.5, 0.6) is 0 Å². The van der Waals surface area contributed by atoms with Gasteiger partial charge in [-0.2, -0.15) is 0 Å². The predicted octanol–water partition coefficient (Wildman–Crippen LogP) is 3.32. The Labute approximate surface area is 87.6 Å². The smallest absolute Gasteiger partial charge is 0.0813 e. The normalized spacial score (nSPS) is 20.3. The molecule has 1 heterocycles. The first-order valence-corrected chi connectivity index (χ1v) is 5.07. The first-order chi connectivity index (χ1) is 6.27. The maximum Gasteiger partial charge on any atom is 0.0813 e. The van der Waals surface area contributed by atoms with Crippen LogP contribution in [0.2, 0.25) is 10.0 Å². The van der Waals surface area contributed by atoms with Crippen molar-refractivity contribution in [2.75, 3.05) is 6.61 Å². The van der Waals surface area contributed by atoms with Crippen LogP contribution in [0.25, 0.3) is 0 Å². The molecule has 3 heteroatoms. The summed E-state index contributed by atoms with van der Waals surface area (Å²) in [6, 6.07) is 5.61. The largest absolute Gasteiger partial charge is 0.373 e. The first-order valence-electron chi connectivity index (χ1n) is 4.32. The van der Waals surface area contributed by atoms with E-state index in [1.54, 1.807) is 0 Å². The van der Waals surface area contributed by atoms with Crippen LogP contribution in [0.3, 0.4) is 0 Å². The molecule has 1 atom stereocenters. The van der Waals surface area contributed by atoms with E-state index in [4.69, 9.17) is 27.9 Å². The number of benzene rings is 1. The minimum Gasteiger partial charge on any atom is -0.373 e. The van der Waals surface area contributed by atoms with Crippen molar-refractivity contribution in [1.29, 1.82) is 0 Å². The predicted molar refractivity (Wildman–Crippen MR) is 54.5 cm³/mol. The van der Waals surface area contributed by atoms with E-state index in [-0.39, 0.29) is 0 Å². The summed E-state index contributed by atoms with van der Waals surface area (Å²) in [5.74, 6) is 0. The number of epoxide rings is 1. The minimum absolute atomic E-state index is 0.437. The molecule has 0 saturated carbocycles. The van der Waals surface area contributed by atoms with Gasteiger partial charge >= 0.3 is 0 Å². The quantitative estimate of drug-likeness (QED) is 0.707. The third-order valence-corrected chi connectivity index (χ3v) is 2.89.